The molecule has 0 unspecified atom stereocenters. The Hall–Kier alpha value is 0.223. The zero-order chi connectivity index (χ0) is 8.69. The summed E-state index contributed by atoms with van der Waals surface area (Å²) in [6.45, 7) is 0. The molecule has 0 saturated heterocycles. The Morgan fingerprint density at radius 1 is 1.55 bits per heavy atom. The monoisotopic (exact) mass is 240 g/mol. The molecule has 0 aliphatic rings. The Labute approximate surface area is 85.4 Å². The van der Waals surface area contributed by atoms with Crippen LogP contribution in [0.2, 0.25) is 5.02 Å². The number of hydrogen-bond donors (Lipinski definition) is 0. The van der Waals surface area contributed by atoms with Crippen molar-refractivity contribution in [1.29, 1.82) is 0 Å². The fourth-order valence-corrected chi connectivity index (χ4v) is 0.698. The van der Waals surface area contributed by atoms with Crippen LogP contribution in [0.15, 0.2) is 18.2 Å². The Morgan fingerprint density at radius 3 is 2.55 bits per heavy atom. The van der Waals surface area contributed by atoms with Crippen LogP contribution in [-0.4, -0.2) is 7.11 Å². The minimum absolute atomic E-state index is 0.669. The molecule has 56 valence electrons. The second kappa shape index (κ2) is 6.90. The van der Waals surface area contributed by atoms with Gasteiger partial charge in [-0.25, -0.2) is 0 Å². The molecule has 0 heterocycles. The zero-order valence-corrected chi connectivity index (χ0v) is 10.6. The van der Waals surface area contributed by atoms with E-state index in [0.717, 1.165) is 17.3 Å². The summed E-state index contributed by atoms with van der Waals surface area (Å²) in [5, 5.41) is 0.672. The molecule has 1 aromatic rings. The van der Waals surface area contributed by atoms with Crippen molar-refractivity contribution in [2.75, 3.05) is 7.11 Å². The fraction of sp³-hybridized carbons (Fsp3) is 0.143. The topological polar surface area (TPSA) is 9.23 Å². The number of rotatable bonds is 1. The summed E-state index contributed by atoms with van der Waals surface area (Å²) in [5.41, 5.74) is 0. The van der Waals surface area contributed by atoms with Gasteiger partial charge in [0, 0.05) is 5.75 Å². The number of ether oxygens (including phenoxy) is 1. The first kappa shape index (κ1) is 11.2. The number of hydrogen-bond acceptors (Lipinski definition) is 1. The van der Waals surface area contributed by atoms with Gasteiger partial charge in [-0.05, 0) is 0 Å². The third-order valence-electron chi connectivity index (χ3n) is 0.957. The molecular weight excluding hydrogens is 236 g/mol. The van der Waals surface area contributed by atoms with E-state index in [-0.39, 0.29) is 0 Å². The van der Waals surface area contributed by atoms with Crippen molar-refractivity contribution in [3.05, 3.63) is 29.3 Å². The molecule has 0 N–H and O–H groups in total. The zero-order valence-electron chi connectivity index (χ0n) is 6.10. The van der Waals surface area contributed by atoms with Crippen LogP contribution in [0.25, 0.3) is 0 Å². The normalized spacial score (nSPS) is 8.09. The van der Waals surface area contributed by atoms with E-state index in [1.807, 2.05) is 0 Å². The maximum atomic E-state index is 5.62. The van der Waals surface area contributed by atoms with Gasteiger partial charge in [-0.2, -0.15) is 12.1 Å². The summed E-state index contributed by atoms with van der Waals surface area (Å²) in [6.07, 6.45) is 0. The second-order valence-corrected chi connectivity index (χ2v) is 2.01. The predicted octanol–water partition coefficient (Wildman–Crippen LogP) is 2.84. The van der Waals surface area contributed by atoms with E-state index in [4.69, 9.17) is 26.0 Å². The van der Waals surface area contributed by atoms with Crippen molar-refractivity contribution in [3.8, 4) is 5.75 Å². The van der Waals surface area contributed by atoms with Crippen molar-refractivity contribution >= 4 is 21.3 Å². The second-order valence-electron chi connectivity index (χ2n) is 1.58. The molecule has 0 radical (unpaired) electrons. The SMILES string of the molecule is COc1[c-]ccc(Cl)c1.[Cl][Zn+]. The van der Waals surface area contributed by atoms with Crippen LogP contribution in [0.4, 0.5) is 0 Å². The van der Waals surface area contributed by atoms with Crippen LogP contribution in [0.1, 0.15) is 0 Å². The van der Waals surface area contributed by atoms with Crippen LogP contribution in [0, 0.1) is 6.07 Å². The van der Waals surface area contributed by atoms with E-state index >= 15 is 0 Å². The Kier molecular flexibility index (Phi) is 7.04. The standard InChI is InChI=1S/C7H6ClO.ClH.Zn/c1-9-7-4-2-3-6(8)5-7;;/h2-3,5H,1H3;1H;/q-1;;+2/p-1. The average molecular weight is 242 g/mol. The summed E-state index contributed by atoms with van der Waals surface area (Å²) in [7, 11) is 6.35. The molecule has 4 heteroatoms. The van der Waals surface area contributed by atoms with E-state index in [1.54, 1.807) is 25.3 Å². The number of halogens is 2. The Balaban J connectivity index is 0.000000461. The third kappa shape index (κ3) is 4.63. The van der Waals surface area contributed by atoms with E-state index in [0.29, 0.717) is 10.8 Å². The van der Waals surface area contributed by atoms with Crippen molar-refractivity contribution in [3.63, 3.8) is 0 Å². The molecule has 1 nitrogen and oxygen atoms in total. The molecule has 0 aliphatic carbocycles. The minimum atomic E-state index is 0.669. The first-order valence-corrected chi connectivity index (χ1v) is 7.08. The molecular formula is C7H6Cl2OZn. The van der Waals surface area contributed by atoms with E-state index < -0.39 is 0 Å². The van der Waals surface area contributed by atoms with Crippen molar-refractivity contribution < 1.29 is 22.0 Å². The molecule has 1 aromatic carbocycles. The van der Waals surface area contributed by atoms with Gasteiger partial charge in [-0.1, -0.05) is 5.02 Å². The van der Waals surface area contributed by atoms with Gasteiger partial charge in [0.15, 0.2) is 0 Å². The van der Waals surface area contributed by atoms with E-state index in [2.05, 4.69) is 6.07 Å². The van der Waals surface area contributed by atoms with Crippen LogP contribution < -0.4 is 4.74 Å². The molecule has 11 heavy (non-hydrogen) atoms. The van der Waals surface area contributed by atoms with Gasteiger partial charge in [0.25, 0.3) is 0 Å². The molecule has 0 atom stereocenters. The van der Waals surface area contributed by atoms with Gasteiger partial charge < -0.3 is 4.74 Å². The van der Waals surface area contributed by atoms with E-state index in [1.165, 1.54) is 0 Å². The van der Waals surface area contributed by atoms with Crippen LogP contribution in [0.3, 0.4) is 0 Å². The van der Waals surface area contributed by atoms with Gasteiger partial charge in [0.2, 0.25) is 0 Å². The van der Waals surface area contributed by atoms with Crippen molar-refractivity contribution in [2.45, 2.75) is 0 Å². The fourth-order valence-electron chi connectivity index (χ4n) is 0.536. The maximum absolute atomic E-state index is 5.62. The Morgan fingerprint density at radius 2 is 2.18 bits per heavy atom. The van der Waals surface area contributed by atoms with Crippen molar-refractivity contribution in [1.82, 2.24) is 0 Å². The van der Waals surface area contributed by atoms with Crippen LogP contribution >= 0.6 is 21.3 Å². The average Bonchev–Trinajstić information content (AvgIpc) is 2.08. The van der Waals surface area contributed by atoms with Crippen LogP contribution in [0.5, 0.6) is 5.75 Å². The summed E-state index contributed by atoms with van der Waals surface area (Å²) in [6, 6.07) is 8.04. The molecule has 0 fully saturated rings. The molecule has 0 amide bonds. The quantitative estimate of drug-likeness (QED) is 0.543. The van der Waals surface area contributed by atoms with Gasteiger partial charge in [-0.3, -0.25) is 0 Å². The molecule has 0 aliphatic heterocycles. The third-order valence-corrected chi connectivity index (χ3v) is 1.19. The summed E-state index contributed by atoms with van der Waals surface area (Å²) >= 11 is 6.47. The number of benzene rings is 1. The van der Waals surface area contributed by atoms with Crippen molar-refractivity contribution in [2.24, 2.45) is 0 Å². The van der Waals surface area contributed by atoms with E-state index in [9.17, 15) is 0 Å². The molecule has 1 rings (SSSR count). The first-order chi connectivity index (χ1) is 5.33. The predicted molar refractivity (Wildman–Crippen MR) is 42.7 cm³/mol. The first-order valence-electron chi connectivity index (χ1n) is 2.81. The summed E-state index contributed by atoms with van der Waals surface area (Å²) in [5.74, 6) is 0.669. The molecule has 0 saturated carbocycles. The van der Waals surface area contributed by atoms with Gasteiger partial charge in [-0.15, -0.1) is 23.7 Å². The van der Waals surface area contributed by atoms with Gasteiger partial charge in [0.1, 0.15) is 0 Å². The molecule has 0 bridgehead atoms. The Bertz CT molecular complexity index is 205. The number of methoxy groups -OCH3 is 1. The van der Waals surface area contributed by atoms with Crippen LogP contribution in [-0.2, 0) is 17.3 Å². The molecule has 0 aromatic heterocycles. The van der Waals surface area contributed by atoms with Gasteiger partial charge >= 0.3 is 27.0 Å². The molecule has 0 spiro atoms. The summed E-state index contributed by atoms with van der Waals surface area (Å²) in [4.78, 5) is 0. The van der Waals surface area contributed by atoms with Gasteiger partial charge in [0.05, 0.1) is 7.11 Å². The summed E-state index contributed by atoms with van der Waals surface area (Å²) < 4.78 is 4.86.